The van der Waals surface area contributed by atoms with Crippen LogP contribution in [0.25, 0.3) is 0 Å². The smallest absolute Gasteiger partial charge is 0.0718 e. The van der Waals surface area contributed by atoms with Gasteiger partial charge < -0.3 is 5.73 Å². The molecule has 17 heavy (non-hydrogen) atoms. The Morgan fingerprint density at radius 3 is 2.24 bits per heavy atom. The zero-order chi connectivity index (χ0) is 13.2. The van der Waals surface area contributed by atoms with Crippen molar-refractivity contribution in [3.63, 3.8) is 0 Å². The van der Waals surface area contributed by atoms with Gasteiger partial charge in [0.05, 0.1) is 11.7 Å². The highest BCUT2D eigenvalue weighted by atomic mass is 15.3. The topological polar surface area (TPSA) is 43.8 Å². The number of aryl methyl sites for hydroxylation is 2. The Morgan fingerprint density at radius 1 is 1.29 bits per heavy atom. The zero-order valence-electron chi connectivity index (χ0n) is 12.1. The molecule has 0 saturated carbocycles. The lowest BCUT2D eigenvalue weighted by Gasteiger charge is -2.35. The van der Waals surface area contributed by atoms with Crippen LogP contribution < -0.4 is 5.73 Å². The van der Waals surface area contributed by atoms with Gasteiger partial charge in [-0.25, -0.2) is 0 Å². The van der Waals surface area contributed by atoms with Crippen LogP contribution in [0.5, 0.6) is 0 Å². The first-order valence-electron chi connectivity index (χ1n) is 6.64. The van der Waals surface area contributed by atoms with Gasteiger partial charge in [-0.1, -0.05) is 34.6 Å². The number of hydrogen-bond acceptors (Lipinski definition) is 2. The summed E-state index contributed by atoms with van der Waals surface area (Å²) in [4.78, 5) is 0. The molecule has 0 aromatic carbocycles. The van der Waals surface area contributed by atoms with E-state index in [0.717, 1.165) is 18.5 Å². The average molecular weight is 237 g/mol. The third-order valence-corrected chi connectivity index (χ3v) is 3.24. The molecule has 2 unspecified atom stereocenters. The fourth-order valence-corrected chi connectivity index (χ4v) is 2.55. The molecule has 1 rings (SSSR count). The Labute approximate surface area is 105 Å². The van der Waals surface area contributed by atoms with Crippen molar-refractivity contribution in [3.8, 4) is 0 Å². The molecule has 98 valence electrons. The maximum absolute atomic E-state index is 6.17. The predicted octanol–water partition coefficient (Wildman–Crippen LogP) is 2.94. The molecular weight excluding hydrogens is 210 g/mol. The van der Waals surface area contributed by atoms with E-state index in [0.29, 0.717) is 0 Å². The number of aromatic nitrogens is 2. The van der Waals surface area contributed by atoms with E-state index in [1.54, 1.807) is 0 Å². The lowest BCUT2D eigenvalue weighted by Crippen LogP contribution is -2.39. The van der Waals surface area contributed by atoms with Gasteiger partial charge in [0.25, 0.3) is 0 Å². The van der Waals surface area contributed by atoms with Crippen LogP contribution in [-0.4, -0.2) is 15.8 Å². The van der Waals surface area contributed by atoms with Crippen molar-refractivity contribution in [2.45, 2.75) is 66.5 Å². The van der Waals surface area contributed by atoms with Gasteiger partial charge in [-0.3, -0.25) is 4.68 Å². The van der Waals surface area contributed by atoms with E-state index in [1.165, 1.54) is 5.69 Å². The zero-order valence-corrected chi connectivity index (χ0v) is 12.1. The number of nitrogens with zero attached hydrogens (tertiary/aromatic N) is 2. The molecule has 0 aliphatic rings. The highest BCUT2D eigenvalue weighted by Crippen LogP contribution is 2.33. The molecule has 0 bridgehead atoms. The van der Waals surface area contributed by atoms with Crippen LogP contribution >= 0.6 is 0 Å². The van der Waals surface area contributed by atoms with Crippen molar-refractivity contribution in [2.24, 2.45) is 11.1 Å². The van der Waals surface area contributed by atoms with Gasteiger partial charge >= 0.3 is 0 Å². The van der Waals surface area contributed by atoms with Crippen LogP contribution in [0.4, 0.5) is 0 Å². The summed E-state index contributed by atoms with van der Waals surface area (Å²) >= 11 is 0. The molecule has 0 radical (unpaired) electrons. The van der Waals surface area contributed by atoms with Crippen molar-refractivity contribution in [3.05, 3.63) is 17.5 Å². The van der Waals surface area contributed by atoms with Crippen molar-refractivity contribution >= 4 is 0 Å². The minimum absolute atomic E-state index is 0.102. The normalized spacial score (nSPS) is 15.9. The lowest BCUT2D eigenvalue weighted by molar-refractivity contribution is 0.192. The first-order valence-corrected chi connectivity index (χ1v) is 6.64. The predicted molar refractivity (Wildman–Crippen MR) is 73.1 cm³/mol. The van der Waals surface area contributed by atoms with E-state index in [9.17, 15) is 0 Å². The lowest BCUT2D eigenvalue weighted by atomic mass is 9.83. The van der Waals surface area contributed by atoms with Gasteiger partial charge in [0, 0.05) is 11.7 Å². The summed E-state index contributed by atoms with van der Waals surface area (Å²) in [6.45, 7) is 13.1. The van der Waals surface area contributed by atoms with Gasteiger partial charge in [0.1, 0.15) is 0 Å². The van der Waals surface area contributed by atoms with Gasteiger partial charge in [-0.2, -0.15) is 5.10 Å². The third kappa shape index (κ3) is 3.09. The van der Waals surface area contributed by atoms with Crippen LogP contribution in [0.2, 0.25) is 0 Å². The minimum atomic E-state index is 0.102. The number of rotatable bonds is 4. The molecule has 2 N–H and O–H groups in total. The molecule has 0 aliphatic carbocycles. The Kier molecular flexibility index (Phi) is 4.36. The van der Waals surface area contributed by atoms with E-state index >= 15 is 0 Å². The Balaban J connectivity index is 3.22. The molecule has 1 aromatic heterocycles. The maximum Gasteiger partial charge on any atom is 0.0718 e. The van der Waals surface area contributed by atoms with E-state index in [1.807, 2.05) is 0 Å². The van der Waals surface area contributed by atoms with Gasteiger partial charge in [0.15, 0.2) is 0 Å². The Bertz CT molecular complexity index is 358. The summed E-state index contributed by atoms with van der Waals surface area (Å²) in [6.07, 6.45) is 1.99. The summed E-state index contributed by atoms with van der Waals surface area (Å²) in [5.74, 6) is 0. The fourth-order valence-electron chi connectivity index (χ4n) is 2.55. The monoisotopic (exact) mass is 237 g/mol. The van der Waals surface area contributed by atoms with E-state index < -0.39 is 0 Å². The molecule has 1 aromatic rings. The summed E-state index contributed by atoms with van der Waals surface area (Å²) in [5.41, 5.74) is 8.74. The largest absolute Gasteiger partial charge is 0.326 e. The highest BCUT2D eigenvalue weighted by molar-refractivity contribution is 5.12. The van der Waals surface area contributed by atoms with Gasteiger partial charge in [-0.05, 0) is 31.2 Å². The quantitative estimate of drug-likeness (QED) is 0.875. The third-order valence-electron chi connectivity index (χ3n) is 3.24. The Hall–Kier alpha value is -0.830. The molecule has 0 spiro atoms. The molecule has 0 amide bonds. The second-order valence-corrected chi connectivity index (χ2v) is 5.95. The standard InChI is InChI=1S/C14H27N3/c1-7-11-9-12(8-2)17(16-11)13(10(3)15)14(4,5)6/h9-10,13H,7-8,15H2,1-6H3. The van der Waals surface area contributed by atoms with Crippen molar-refractivity contribution in [2.75, 3.05) is 0 Å². The molecule has 1 heterocycles. The van der Waals surface area contributed by atoms with Crippen LogP contribution in [-0.2, 0) is 12.8 Å². The average Bonchev–Trinajstić information content (AvgIpc) is 2.58. The first kappa shape index (κ1) is 14.2. The molecule has 3 nitrogen and oxygen atoms in total. The fraction of sp³-hybridized carbons (Fsp3) is 0.786. The highest BCUT2D eigenvalue weighted by Gasteiger charge is 2.31. The Morgan fingerprint density at radius 2 is 1.88 bits per heavy atom. The van der Waals surface area contributed by atoms with E-state index in [2.05, 4.69) is 52.3 Å². The SMILES string of the molecule is CCc1cc(CC)n(C(C(C)N)C(C)(C)C)n1. The van der Waals surface area contributed by atoms with Gasteiger partial charge in [-0.15, -0.1) is 0 Å². The maximum atomic E-state index is 6.17. The van der Waals surface area contributed by atoms with Crippen LogP contribution in [0.15, 0.2) is 6.07 Å². The molecule has 3 heteroatoms. The summed E-state index contributed by atoms with van der Waals surface area (Å²) in [7, 11) is 0. The second kappa shape index (κ2) is 5.21. The van der Waals surface area contributed by atoms with Crippen LogP contribution in [0.1, 0.15) is 59.0 Å². The first-order chi connectivity index (χ1) is 7.81. The minimum Gasteiger partial charge on any atom is -0.326 e. The van der Waals surface area contributed by atoms with Gasteiger partial charge in [0.2, 0.25) is 0 Å². The number of nitrogens with two attached hydrogens (primary N) is 1. The second-order valence-electron chi connectivity index (χ2n) is 5.95. The molecule has 0 aliphatic heterocycles. The number of hydrogen-bond donors (Lipinski definition) is 1. The molecule has 0 saturated heterocycles. The van der Waals surface area contributed by atoms with Crippen molar-refractivity contribution < 1.29 is 0 Å². The summed E-state index contributed by atoms with van der Waals surface area (Å²) in [6, 6.07) is 2.56. The molecule has 0 fully saturated rings. The van der Waals surface area contributed by atoms with Crippen molar-refractivity contribution in [1.82, 2.24) is 9.78 Å². The van der Waals surface area contributed by atoms with E-state index in [-0.39, 0.29) is 17.5 Å². The molecular formula is C14H27N3. The molecule has 2 atom stereocenters. The van der Waals surface area contributed by atoms with Crippen molar-refractivity contribution in [1.29, 1.82) is 0 Å². The summed E-state index contributed by atoms with van der Waals surface area (Å²) in [5, 5.41) is 4.72. The van der Waals surface area contributed by atoms with Crippen LogP contribution in [0, 0.1) is 5.41 Å². The summed E-state index contributed by atoms with van der Waals surface area (Å²) < 4.78 is 2.16. The van der Waals surface area contributed by atoms with E-state index in [4.69, 9.17) is 10.8 Å². The van der Waals surface area contributed by atoms with Crippen LogP contribution in [0.3, 0.4) is 0 Å².